The molecule has 0 aliphatic heterocycles. The van der Waals surface area contributed by atoms with Crippen molar-refractivity contribution in [1.29, 1.82) is 0 Å². The first-order valence-corrected chi connectivity index (χ1v) is 12.2. The van der Waals surface area contributed by atoms with Gasteiger partial charge in [0.1, 0.15) is 0 Å². The Kier molecular flexibility index (Phi) is 9.76. The lowest BCUT2D eigenvalue weighted by atomic mass is 10.0. The van der Waals surface area contributed by atoms with Crippen molar-refractivity contribution in [3.05, 3.63) is 30.4 Å². The quantitative estimate of drug-likeness (QED) is 0.203. The number of hydrogen-bond acceptors (Lipinski definition) is 2. The normalized spacial score (nSPS) is 11.3. The molecule has 23 heavy (non-hydrogen) atoms. The molecule has 0 nitrogen and oxygen atoms in total. The van der Waals surface area contributed by atoms with Gasteiger partial charge in [-0.25, -0.2) is 0 Å². The molecule has 0 bridgehead atoms. The minimum Gasteiger partial charge on any atom is -0.128 e. The van der Waals surface area contributed by atoms with E-state index in [4.69, 9.17) is 0 Å². The van der Waals surface area contributed by atoms with Gasteiger partial charge in [0.15, 0.2) is 0 Å². The van der Waals surface area contributed by atoms with Crippen LogP contribution in [0.1, 0.15) is 70.3 Å². The average Bonchev–Trinajstić information content (AvgIpc) is 3.12. The Bertz CT molecular complexity index is 574. The van der Waals surface area contributed by atoms with Gasteiger partial charge in [0, 0.05) is 9.75 Å². The SMILES string of the molecule is CCCCCCCCCCCc1cc(-c2ccc(I)s2)sc1Br. The summed E-state index contributed by atoms with van der Waals surface area (Å²) in [5, 5.41) is 0. The predicted octanol–water partition coefficient (Wildman–Crippen LogP) is 8.92. The zero-order valence-electron chi connectivity index (χ0n) is 13.9. The smallest absolute Gasteiger partial charge is 0.0737 e. The third-order valence-corrected chi connectivity index (χ3v) is 8.17. The molecule has 2 heterocycles. The second kappa shape index (κ2) is 11.3. The monoisotopic (exact) mass is 524 g/mol. The van der Waals surface area contributed by atoms with Gasteiger partial charge in [0.25, 0.3) is 0 Å². The Morgan fingerprint density at radius 1 is 0.870 bits per heavy atom. The highest BCUT2D eigenvalue weighted by Gasteiger charge is 2.10. The van der Waals surface area contributed by atoms with E-state index in [9.17, 15) is 0 Å². The molecule has 0 unspecified atom stereocenters. The molecule has 0 saturated heterocycles. The van der Waals surface area contributed by atoms with Crippen LogP contribution in [0.5, 0.6) is 0 Å². The van der Waals surface area contributed by atoms with Gasteiger partial charge in [0.2, 0.25) is 0 Å². The van der Waals surface area contributed by atoms with Gasteiger partial charge >= 0.3 is 0 Å². The lowest BCUT2D eigenvalue weighted by molar-refractivity contribution is 0.565. The van der Waals surface area contributed by atoms with E-state index in [0.717, 1.165) is 0 Å². The van der Waals surface area contributed by atoms with Crippen LogP contribution in [0.25, 0.3) is 9.75 Å². The summed E-state index contributed by atoms with van der Waals surface area (Å²) < 4.78 is 2.69. The standard InChI is InChI=1S/C19H26BrIS2/c1-2-3-4-5-6-7-8-9-10-11-15-14-17(23-19(15)20)16-12-13-18(21)22-16/h12-14H,2-11H2,1H3. The molecule has 0 saturated carbocycles. The van der Waals surface area contributed by atoms with Gasteiger partial charge in [-0.1, -0.05) is 58.3 Å². The molecule has 0 aromatic carbocycles. The van der Waals surface area contributed by atoms with Crippen molar-refractivity contribution in [2.24, 2.45) is 0 Å². The largest absolute Gasteiger partial charge is 0.128 e. The Hall–Kier alpha value is 0.610. The first kappa shape index (κ1) is 19.9. The van der Waals surface area contributed by atoms with Gasteiger partial charge in [-0.2, -0.15) is 0 Å². The van der Waals surface area contributed by atoms with E-state index in [1.54, 1.807) is 0 Å². The van der Waals surface area contributed by atoms with Crippen molar-refractivity contribution in [2.45, 2.75) is 71.1 Å². The molecule has 0 radical (unpaired) electrons. The summed E-state index contributed by atoms with van der Waals surface area (Å²) in [5.74, 6) is 0. The molecule has 2 rings (SSSR count). The number of rotatable bonds is 11. The maximum atomic E-state index is 3.76. The molecule has 0 fully saturated rings. The maximum Gasteiger partial charge on any atom is 0.0737 e. The molecular formula is C19H26BrIS2. The number of hydrogen-bond donors (Lipinski definition) is 0. The van der Waals surface area contributed by atoms with Crippen LogP contribution in [0.2, 0.25) is 0 Å². The van der Waals surface area contributed by atoms with E-state index in [1.165, 1.54) is 86.2 Å². The van der Waals surface area contributed by atoms with Gasteiger partial charge in [-0.15, -0.1) is 22.7 Å². The minimum absolute atomic E-state index is 1.22. The van der Waals surface area contributed by atoms with Crippen LogP contribution in [0, 0.1) is 2.88 Å². The van der Waals surface area contributed by atoms with Crippen molar-refractivity contribution in [3.63, 3.8) is 0 Å². The second-order valence-corrected chi connectivity index (χ2v) is 11.4. The van der Waals surface area contributed by atoms with E-state index in [0.29, 0.717) is 0 Å². The fourth-order valence-corrected chi connectivity index (χ4v) is 6.25. The van der Waals surface area contributed by atoms with Crippen LogP contribution in [0.4, 0.5) is 0 Å². The summed E-state index contributed by atoms with van der Waals surface area (Å²) in [4.78, 5) is 2.81. The third-order valence-electron chi connectivity index (χ3n) is 4.12. The Morgan fingerprint density at radius 3 is 2.13 bits per heavy atom. The first-order chi connectivity index (χ1) is 11.2. The molecule has 0 aliphatic carbocycles. The van der Waals surface area contributed by atoms with Gasteiger partial charge in [0.05, 0.1) is 6.67 Å². The van der Waals surface area contributed by atoms with Crippen LogP contribution in [0.15, 0.2) is 22.0 Å². The van der Waals surface area contributed by atoms with Gasteiger partial charge < -0.3 is 0 Å². The summed E-state index contributed by atoms with van der Waals surface area (Å²) in [7, 11) is 0. The minimum atomic E-state index is 1.22. The lowest BCUT2D eigenvalue weighted by Crippen LogP contribution is -1.85. The molecule has 0 amide bonds. The molecule has 0 spiro atoms. The Labute approximate surface area is 171 Å². The lowest BCUT2D eigenvalue weighted by Gasteiger charge is -2.02. The van der Waals surface area contributed by atoms with Crippen LogP contribution in [0.3, 0.4) is 0 Å². The van der Waals surface area contributed by atoms with Crippen LogP contribution < -0.4 is 0 Å². The van der Waals surface area contributed by atoms with Crippen LogP contribution in [-0.2, 0) is 6.42 Å². The third kappa shape index (κ3) is 7.17. The molecule has 128 valence electrons. The van der Waals surface area contributed by atoms with Crippen LogP contribution in [-0.4, -0.2) is 0 Å². The highest BCUT2D eigenvalue weighted by atomic mass is 127. The van der Waals surface area contributed by atoms with Gasteiger partial charge in [-0.3, -0.25) is 0 Å². The molecule has 0 N–H and O–H groups in total. The first-order valence-electron chi connectivity index (χ1n) is 8.74. The topological polar surface area (TPSA) is 0 Å². The Morgan fingerprint density at radius 2 is 1.52 bits per heavy atom. The highest BCUT2D eigenvalue weighted by Crippen LogP contribution is 2.39. The highest BCUT2D eigenvalue weighted by molar-refractivity contribution is 14.1. The fraction of sp³-hybridized carbons (Fsp3) is 0.579. The van der Waals surface area contributed by atoms with Crippen molar-refractivity contribution in [3.8, 4) is 9.75 Å². The summed E-state index contributed by atoms with van der Waals surface area (Å²) in [6.07, 6.45) is 13.8. The number of halogens is 2. The summed E-state index contributed by atoms with van der Waals surface area (Å²) in [6, 6.07) is 6.84. The zero-order chi connectivity index (χ0) is 16.5. The van der Waals surface area contributed by atoms with E-state index >= 15 is 0 Å². The van der Waals surface area contributed by atoms with E-state index in [-0.39, 0.29) is 0 Å². The summed E-state index contributed by atoms with van der Waals surface area (Å²) in [6.45, 7) is 2.28. The molecular weight excluding hydrogens is 499 g/mol. The molecule has 0 atom stereocenters. The molecule has 4 heteroatoms. The number of aryl methyl sites for hydroxylation is 1. The number of thiophene rings is 2. The van der Waals surface area contributed by atoms with E-state index in [1.807, 2.05) is 22.7 Å². The zero-order valence-corrected chi connectivity index (χ0v) is 19.3. The molecule has 2 aromatic heterocycles. The van der Waals surface area contributed by atoms with Crippen molar-refractivity contribution < 1.29 is 0 Å². The summed E-state index contributed by atoms with van der Waals surface area (Å²) >= 11 is 9.93. The van der Waals surface area contributed by atoms with E-state index in [2.05, 4.69) is 63.6 Å². The number of unbranched alkanes of at least 4 members (excludes halogenated alkanes) is 8. The molecule has 0 aliphatic rings. The second-order valence-electron chi connectivity index (χ2n) is 6.09. The fourth-order valence-electron chi connectivity index (χ4n) is 2.77. The maximum absolute atomic E-state index is 3.76. The van der Waals surface area contributed by atoms with Crippen molar-refractivity contribution in [2.75, 3.05) is 0 Å². The van der Waals surface area contributed by atoms with E-state index < -0.39 is 0 Å². The summed E-state index contributed by atoms with van der Waals surface area (Å²) in [5.41, 5.74) is 1.50. The predicted molar refractivity (Wildman–Crippen MR) is 119 cm³/mol. The Balaban J connectivity index is 1.65. The van der Waals surface area contributed by atoms with Crippen molar-refractivity contribution >= 4 is 61.2 Å². The van der Waals surface area contributed by atoms with Gasteiger partial charge in [-0.05, 0) is 75.1 Å². The van der Waals surface area contributed by atoms with Crippen LogP contribution >= 0.6 is 61.2 Å². The van der Waals surface area contributed by atoms with Crippen molar-refractivity contribution in [1.82, 2.24) is 0 Å². The average molecular weight is 525 g/mol. The molecule has 2 aromatic rings.